The van der Waals surface area contributed by atoms with E-state index >= 15 is 0 Å². The maximum atomic E-state index is 12.2. The van der Waals surface area contributed by atoms with Crippen molar-refractivity contribution in [1.29, 1.82) is 5.41 Å². The van der Waals surface area contributed by atoms with Gasteiger partial charge in [-0.15, -0.1) is 12.6 Å². The summed E-state index contributed by atoms with van der Waals surface area (Å²) in [5, 5.41) is 11.7. The summed E-state index contributed by atoms with van der Waals surface area (Å²) < 4.78 is 5.37. The zero-order chi connectivity index (χ0) is 16.2. The van der Waals surface area contributed by atoms with E-state index in [1.54, 1.807) is 24.4 Å². The summed E-state index contributed by atoms with van der Waals surface area (Å²) in [5.74, 6) is 0.444. The first kappa shape index (κ1) is 15.8. The number of thiol groups is 1. The molecule has 1 aliphatic rings. The van der Waals surface area contributed by atoms with Crippen molar-refractivity contribution in [3.05, 3.63) is 58.0 Å². The third kappa shape index (κ3) is 3.65. The fourth-order valence-corrected chi connectivity index (χ4v) is 2.79. The minimum Gasteiger partial charge on any atom is -0.384 e. The Morgan fingerprint density at radius 2 is 2.13 bits per heavy atom. The zero-order valence-electron chi connectivity index (χ0n) is 12.6. The predicted molar refractivity (Wildman–Crippen MR) is 94.1 cm³/mol. The Bertz CT molecular complexity index is 749. The molecule has 0 bridgehead atoms. The summed E-state index contributed by atoms with van der Waals surface area (Å²) in [4.78, 5) is 15.7. The van der Waals surface area contributed by atoms with E-state index < -0.39 is 0 Å². The molecule has 0 saturated carbocycles. The van der Waals surface area contributed by atoms with E-state index in [1.807, 2.05) is 12.1 Å². The van der Waals surface area contributed by atoms with E-state index in [2.05, 4.69) is 22.9 Å². The molecule has 0 amide bonds. The summed E-state index contributed by atoms with van der Waals surface area (Å²) in [6.07, 6.45) is 2.62. The molecule has 1 atom stereocenters. The van der Waals surface area contributed by atoms with E-state index in [0.717, 1.165) is 31.1 Å². The van der Waals surface area contributed by atoms with E-state index in [4.69, 9.17) is 10.1 Å². The number of pyridine rings is 1. The van der Waals surface area contributed by atoms with Gasteiger partial charge < -0.3 is 15.0 Å². The second-order valence-corrected chi connectivity index (χ2v) is 6.14. The van der Waals surface area contributed by atoms with Gasteiger partial charge in [0.25, 0.3) is 5.56 Å². The minimum atomic E-state index is -0.266. The van der Waals surface area contributed by atoms with Crippen molar-refractivity contribution in [3.63, 3.8) is 0 Å². The fourth-order valence-electron chi connectivity index (χ4n) is 2.65. The summed E-state index contributed by atoms with van der Waals surface area (Å²) in [7, 11) is 0. The van der Waals surface area contributed by atoms with Gasteiger partial charge >= 0.3 is 0 Å². The monoisotopic (exact) mass is 329 g/mol. The maximum Gasteiger partial charge on any atom is 0.259 e. The van der Waals surface area contributed by atoms with Crippen molar-refractivity contribution in [3.8, 4) is 0 Å². The molecule has 1 aliphatic heterocycles. The van der Waals surface area contributed by atoms with Crippen molar-refractivity contribution in [2.75, 3.05) is 25.1 Å². The number of aromatic nitrogens is 1. The predicted octanol–water partition coefficient (Wildman–Crippen LogP) is 2.53. The first-order chi connectivity index (χ1) is 11.1. The van der Waals surface area contributed by atoms with E-state index in [0.29, 0.717) is 22.7 Å². The van der Waals surface area contributed by atoms with Crippen LogP contribution in [0.2, 0.25) is 0 Å². The molecule has 5 nitrogen and oxygen atoms in total. The van der Waals surface area contributed by atoms with Crippen LogP contribution in [0.25, 0.3) is 0 Å². The van der Waals surface area contributed by atoms with Gasteiger partial charge in [0.05, 0.1) is 23.6 Å². The van der Waals surface area contributed by atoms with Crippen molar-refractivity contribution in [1.82, 2.24) is 4.98 Å². The molecule has 3 N–H and O–H groups in total. The topological polar surface area (TPSA) is 78.0 Å². The molecule has 1 aromatic carbocycles. The van der Waals surface area contributed by atoms with Crippen LogP contribution in [0.1, 0.15) is 17.5 Å². The molecule has 0 radical (unpaired) electrons. The lowest BCUT2D eigenvalue weighted by Gasteiger charge is -2.14. The lowest BCUT2D eigenvalue weighted by atomic mass is 10.0. The van der Waals surface area contributed by atoms with Crippen molar-refractivity contribution in [2.45, 2.75) is 11.3 Å². The second-order valence-electron chi connectivity index (χ2n) is 5.63. The SMILES string of the molecule is N=C(c1ccc(S)cc1)c1c(NCC2CCOC2)cc[nH]c1=O. The number of hydrogen-bond acceptors (Lipinski definition) is 5. The average Bonchev–Trinajstić information content (AvgIpc) is 3.06. The normalized spacial score (nSPS) is 17.2. The molecule has 1 unspecified atom stereocenters. The molecule has 1 saturated heterocycles. The fraction of sp³-hybridized carbons (Fsp3) is 0.294. The number of anilines is 1. The molecule has 3 rings (SSSR count). The number of rotatable bonds is 5. The van der Waals surface area contributed by atoms with Gasteiger partial charge in [0.15, 0.2) is 0 Å². The summed E-state index contributed by atoms with van der Waals surface area (Å²) in [6.45, 7) is 2.27. The molecule has 2 heterocycles. The molecule has 1 fully saturated rings. The van der Waals surface area contributed by atoms with Gasteiger partial charge in [0, 0.05) is 35.7 Å². The Hall–Kier alpha value is -2.05. The quantitative estimate of drug-likeness (QED) is 0.503. The molecule has 1 aromatic heterocycles. The smallest absolute Gasteiger partial charge is 0.259 e. The Morgan fingerprint density at radius 1 is 1.35 bits per heavy atom. The van der Waals surface area contributed by atoms with Crippen LogP contribution in [-0.4, -0.2) is 30.5 Å². The Balaban J connectivity index is 1.86. The molecule has 0 aliphatic carbocycles. The van der Waals surface area contributed by atoms with Crippen LogP contribution in [0.5, 0.6) is 0 Å². The first-order valence-electron chi connectivity index (χ1n) is 7.57. The number of hydrogen-bond donors (Lipinski definition) is 4. The van der Waals surface area contributed by atoms with E-state index in [9.17, 15) is 4.79 Å². The highest BCUT2D eigenvalue weighted by atomic mass is 32.1. The van der Waals surface area contributed by atoms with Gasteiger partial charge in [0.2, 0.25) is 0 Å². The van der Waals surface area contributed by atoms with Crippen LogP contribution < -0.4 is 10.9 Å². The van der Waals surface area contributed by atoms with Crippen molar-refractivity contribution < 1.29 is 4.74 Å². The van der Waals surface area contributed by atoms with Gasteiger partial charge in [-0.2, -0.15) is 0 Å². The summed E-state index contributed by atoms with van der Waals surface area (Å²) in [6, 6.07) is 9.02. The highest BCUT2D eigenvalue weighted by Gasteiger charge is 2.18. The van der Waals surface area contributed by atoms with Gasteiger partial charge in [0.1, 0.15) is 0 Å². The number of ether oxygens (including phenoxy) is 1. The standard InChI is InChI=1S/C17H19N3O2S/c18-16(12-1-3-13(23)4-2-12)15-14(5-7-19-17(15)21)20-9-11-6-8-22-10-11/h1-5,7,11,18,23H,6,8-10H2,(H2,19,20,21). The molecule has 120 valence electrons. The molecular formula is C17H19N3O2S. The van der Waals surface area contributed by atoms with E-state index in [1.165, 1.54) is 0 Å². The van der Waals surface area contributed by atoms with Crippen LogP contribution in [0.3, 0.4) is 0 Å². The summed E-state index contributed by atoms with van der Waals surface area (Å²) >= 11 is 4.25. The van der Waals surface area contributed by atoms with Crippen LogP contribution >= 0.6 is 12.6 Å². The molecule has 2 aromatic rings. The number of benzene rings is 1. The third-order valence-corrected chi connectivity index (χ3v) is 4.27. The second kappa shape index (κ2) is 7.02. The molecule has 23 heavy (non-hydrogen) atoms. The zero-order valence-corrected chi connectivity index (χ0v) is 13.5. The van der Waals surface area contributed by atoms with Gasteiger partial charge in [-0.05, 0) is 24.6 Å². The lowest BCUT2D eigenvalue weighted by Crippen LogP contribution is -2.23. The van der Waals surface area contributed by atoms with Gasteiger partial charge in [-0.25, -0.2) is 0 Å². The summed E-state index contributed by atoms with van der Waals surface area (Å²) in [5.41, 5.74) is 1.66. The molecule has 6 heteroatoms. The van der Waals surface area contributed by atoms with E-state index in [-0.39, 0.29) is 11.3 Å². The maximum absolute atomic E-state index is 12.2. The Labute approximate surface area is 140 Å². The number of H-pyrrole nitrogens is 1. The van der Waals surface area contributed by atoms with Crippen LogP contribution in [0.15, 0.2) is 46.2 Å². The van der Waals surface area contributed by atoms with Crippen LogP contribution in [-0.2, 0) is 4.74 Å². The van der Waals surface area contributed by atoms with Crippen molar-refractivity contribution >= 4 is 24.0 Å². The van der Waals surface area contributed by atoms with Gasteiger partial charge in [-0.3, -0.25) is 10.2 Å². The molecule has 0 spiro atoms. The lowest BCUT2D eigenvalue weighted by molar-refractivity contribution is 0.187. The minimum absolute atomic E-state index is 0.199. The number of aromatic amines is 1. The Kier molecular flexibility index (Phi) is 4.83. The third-order valence-electron chi connectivity index (χ3n) is 3.97. The molecular weight excluding hydrogens is 310 g/mol. The highest BCUT2D eigenvalue weighted by Crippen LogP contribution is 2.19. The largest absolute Gasteiger partial charge is 0.384 e. The highest BCUT2D eigenvalue weighted by molar-refractivity contribution is 7.80. The average molecular weight is 329 g/mol. The number of nitrogens with one attached hydrogen (secondary N) is 3. The van der Waals surface area contributed by atoms with Crippen molar-refractivity contribution in [2.24, 2.45) is 5.92 Å². The first-order valence-corrected chi connectivity index (χ1v) is 8.01. The van der Waals surface area contributed by atoms with Gasteiger partial charge in [-0.1, -0.05) is 12.1 Å². The van der Waals surface area contributed by atoms with Crippen LogP contribution in [0, 0.1) is 11.3 Å². The Morgan fingerprint density at radius 3 is 2.83 bits per heavy atom. The van der Waals surface area contributed by atoms with Crippen LogP contribution in [0.4, 0.5) is 5.69 Å².